The number of amides is 1. The van der Waals surface area contributed by atoms with Crippen molar-refractivity contribution in [2.45, 2.75) is 26.3 Å². The Balaban J connectivity index is 1.68. The molecule has 0 aliphatic carbocycles. The lowest BCUT2D eigenvalue weighted by Gasteiger charge is -2.09. The van der Waals surface area contributed by atoms with Gasteiger partial charge in [0.15, 0.2) is 5.76 Å². The number of nitrogens with one attached hydrogen (secondary N) is 1. The van der Waals surface area contributed by atoms with Gasteiger partial charge in [0.25, 0.3) is 5.91 Å². The van der Waals surface area contributed by atoms with Crippen LogP contribution in [0.1, 0.15) is 39.9 Å². The van der Waals surface area contributed by atoms with E-state index < -0.39 is 0 Å². The number of nitrogens with zero attached hydrogens (tertiary/aromatic N) is 1. The fourth-order valence-corrected chi connectivity index (χ4v) is 2.67. The summed E-state index contributed by atoms with van der Waals surface area (Å²) in [5.74, 6) is 0.593. The Morgan fingerprint density at radius 1 is 1.19 bits per heavy atom. The molecule has 1 heterocycles. The SMILES string of the molecule is C=CC(C)c1ccc(CNC(=O)c2cnoc2-c2ccc(C)cc2)cc1. The monoisotopic (exact) mass is 346 g/mol. The quantitative estimate of drug-likeness (QED) is 0.648. The van der Waals surface area contributed by atoms with E-state index in [4.69, 9.17) is 4.52 Å². The van der Waals surface area contributed by atoms with Crippen molar-refractivity contribution >= 4 is 5.91 Å². The molecular weight excluding hydrogens is 324 g/mol. The highest BCUT2D eigenvalue weighted by Gasteiger charge is 2.17. The number of hydrogen-bond donors (Lipinski definition) is 1. The van der Waals surface area contributed by atoms with Crippen LogP contribution in [0.15, 0.2) is 71.9 Å². The lowest BCUT2D eigenvalue weighted by atomic mass is 10.00. The van der Waals surface area contributed by atoms with E-state index in [0.717, 1.165) is 16.7 Å². The summed E-state index contributed by atoms with van der Waals surface area (Å²) < 4.78 is 5.30. The Labute approximate surface area is 153 Å². The Morgan fingerprint density at radius 3 is 2.54 bits per heavy atom. The van der Waals surface area contributed by atoms with Crippen LogP contribution in [0.3, 0.4) is 0 Å². The molecule has 4 heteroatoms. The number of aromatic nitrogens is 1. The van der Waals surface area contributed by atoms with E-state index in [1.165, 1.54) is 11.8 Å². The van der Waals surface area contributed by atoms with Crippen LogP contribution in [0.4, 0.5) is 0 Å². The van der Waals surface area contributed by atoms with E-state index in [1.54, 1.807) is 0 Å². The van der Waals surface area contributed by atoms with Crippen molar-refractivity contribution in [2.24, 2.45) is 0 Å². The maximum absolute atomic E-state index is 12.5. The third-order valence-corrected chi connectivity index (χ3v) is 4.44. The average molecular weight is 346 g/mol. The van der Waals surface area contributed by atoms with Crippen LogP contribution in [0.2, 0.25) is 0 Å². The smallest absolute Gasteiger partial charge is 0.257 e. The summed E-state index contributed by atoms with van der Waals surface area (Å²) >= 11 is 0. The van der Waals surface area contributed by atoms with Crippen molar-refractivity contribution in [2.75, 3.05) is 0 Å². The molecule has 0 bridgehead atoms. The zero-order valence-corrected chi connectivity index (χ0v) is 15.0. The summed E-state index contributed by atoms with van der Waals surface area (Å²) in [7, 11) is 0. The molecule has 0 saturated heterocycles. The molecule has 0 saturated carbocycles. The lowest BCUT2D eigenvalue weighted by molar-refractivity contribution is 0.0951. The largest absolute Gasteiger partial charge is 0.355 e. The van der Waals surface area contributed by atoms with Gasteiger partial charge >= 0.3 is 0 Å². The average Bonchev–Trinajstić information content (AvgIpc) is 3.16. The number of aryl methyl sites for hydroxylation is 1. The van der Waals surface area contributed by atoms with Crippen molar-refractivity contribution in [3.05, 3.63) is 89.6 Å². The lowest BCUT2D eigenvalue weighted by Crippen LogP contribution is -2.22. The standard InChI is InChI=1S/C22H22N2O2/c1-4-16(3)18-11-7-17(8-12-18)13-23-22(25)20-14-24-26-21(20)19-9-5-15(2)6-10-19/h4-12,14,16H,1,13H2,2-3H3,(H,23,25). The molecule has 1 unspecified atom stereocenters. The summed E-state index contributed by atoms with van der Waals surface area (Å²) in [6.45, 7) is 8.37. The minimum atomic E-state index is -0.203. The minimum Gasteiger partial charge on any atom is -0.355 e. The fourth-order valence-electron chi connectivity index (χ4n) is 2.67. The molecule has 1 aromatic heterocycles. The topological polar surface area (TPSA) is 55.1 Å². The van der Waals surface area contributed by atoms with Gasteiger partial charge in [0.1, 0.15) is 5.56 Å². The molecule has 0 aliphatic heterocycles. The van der Waals surface area contributed by atoms with Gasteiger partial charge in [0, 0.05) is 12.1 Å². The molecule has 132 valence electrons. The maximum Gasteiger partial charge on any atom is 0.257 e. The van der Waals surface area contributed by atoms with Crippen molar-refractivity contribution in [3.63, 3.8) is 0 Å². The van der Waals surface area contributed by atoms with E-state index >= 15 is 0 Å². The Bertz CT molecular complexity index is 893. The van der Waals surface area contributed by atoms with Crippen LogP contribution >= 0.6 is 0 Å². The normalized spacial score (nSPS) is 11.8. The number of carbonyl (C=O) groups is 1. The van der Waals surface area contributed by atoms with E-state index in [2.05, 4.69) is 36.1 Å². The first-order chi connectivity index (χ1) is 12.6. The summed E-state index contributed by atoms with van der Waals surface area (Å²) in [4.78, 5) is 12.5. The first kappa shape index (κ1) is 17.7. The van der Waals surface area contributed by atoms with Crippen LogP contribution in [-0.2, 0) is 6.54 Å². The number of carbonyl (C=O) groups excluding carboxylic acids is 1. The van der Waals surface area contributed by atoms with Crippen LogP contribution in [0, 0.1) is 6.92 Å². The van der Waals surface area contributed by atoms with E-state index in [1.807, 2.05) is 49.4 Å². The highest BCUT2D eigenvalue weighted by atomic mass is 16.5. The molecule has 0 aliphatic rings. The fraction of sp³-hybridized carbons (Fsp3) is 0.182. The van der Waals surface area contributed by atoms with Gasteiger partial charge in [0.05, 0.1) is 6.20 Å². The number of benzene rings is 2. The molecule has 1 amide bonds. The zero-order chi connectivity index (χ0) is 18.5. The predicted molar refractivity (Wildman–Crippen MR) is 103 cm³/mol. The molecule has 1 atom stereocenters. The van der Waals surface area contributed by atoms with Crippen LogP contribution in [0.25, 0.3) is 11.3 Å². The van der Waals surface area contributed by atoms with Crippen LogP contribution < -0.4 is 5.32 Å². The van der Waals surface area contributed by atoms with Crippen LogP contribution in [-0.4, -0.2) is 11.1 Å². The Kier molecular flexibility index (Phi) is 5.32. The van der Waals surface area contributed by atoms with Gasteiger partial charge < -0.3 is 9.84 Å². The van der Waals surface area contributed by atoms with E-state index in [-0.39, 0.29) is 5.91 Å². The van der Waals surface area contributed by atoms with Crippen molar-refractivity contribution in [1.82, 2.24) is 10.5 Å². The van der Waals surface area contributed by atoms with Crippen molar-refractivity contribution in [1.29, 1.82) is 0 Å². The van der Waals surface area contributed by atoms with Crippen molar-refractivity contribution < 1.29 is 9.32 Å². The summed E-state index contributed by atoms with van der Waals surface area (Å²) in [6, 6.07) is 16.0. The molecule has 0 radical (unpaired) electrons. The first-order valence-electron chi connectivity index (χ1n) is 8.60. The first-order valence-corrected chi connectivity index (χ1v) is 8.60. The third-order valence-electron chi connectivity index (χ3n) is 4.44. The molecular formula is C22H22N2O2. The second-order valence-electron chi connectivity index (χ2n) is 6.38. The van der Waals surface area contributed by atoms with E-state index in [0.29, 0.717) is 23.8 Å². The molecule has 0 fully saturated rings. The highest BCUT2D eigenvalue weighted by Crippen LogP contribution is 2.24. The Hall–Kier alpha value is -3.14. The molecule has 3 aromatic rings. The van der Waals surface area contributed by atoms with Gasteiger partial charge in [-0.1, -0.05) is 72.3 Å². The minimum absolute atomic E-state index is 0.203. The van der Waals surface area contributed by atoms with Gasteiger partial charge in [-0.25, -0.2) is 0 Å². The molecule has 26 heavy (non-hydrogen) atoms. The van der Waals surface area contributed by atoms with Crippen LogP contribution in [0.5, 0.6) is 0 Å². The van der Waals surface area contributed by atoms with E-state index in [9.17, 15) is 4.79 Å². The number of rotatable bonds is 6. The predicted octanol–water partition coefficient (Wildman–Crippen LogP) is 4.87. The second-order valence-corrected chi connectivity index (χ2v) is 6.38. The zero-order valence-electron chi connectivity index (χ0n) is 15.0. The van der Waals surface area contributed by atoms with Crippen molar-refractivity contribution in [3.8, 4) is 11.3 Å². The second kappa shape index (κ2) is 7.83. The van der Waals surface area contributed by atoms with Gasteiger partial charge in [0.2, 0.25) is 0 Å². The maximum atomic E-state index is 12.5. The highest BCUT2D eigenvalue weighted by molar-refractivity contribution is 5.99. The summed E-state index contributed by atoms with van der Waals surface area (Å²) in [6.07, 6.45) is 3.37. The molecule has 4 nitrogen and oxygen atoms in total. The number of allylic oxidation sites excluding steroid dienone is 1. The van der Waals surface area contributed by atoms with Gasteiger partial charge in [-0.15, -0.1) is 6.58 Å². The van der Waals surface area contributed by atoms with Gasteiger partial charge in [-0.05, 0) is 24.0 Å². The third kappa shape index (κ3) is 3.91. The van der Waals surface area contributed by atoms with Gasteiger partial charge in [-0.3, -0.25) is 4.79 Å². The molecule has 3 rings (SSSR count). The molecule has 1 N–H and O–H groups in total. The summed E-state index contributed by atoms with van der Waals surface area (Å²) in [5, 5.41) is 6.72. The summed E-state index contributed by atoms with van der Waals surface area (Å²) in [5.41, 5.74) is 4.66. The molecule has 0 spiro atoms. The van der Waals surface area contributed by atoms with Gasteiger partial charge in [-0.2, -0.15) is 0 Å². The molecule has 2 aromatic carbocycles. The number of hydrogen-bond acceptors (Lipinski definition) is 3. The Morgan fingerprint density at radius 2 is 1.88 bits per heavy atom.